The first-order valence-electron chi connectivity index (χ1n) is 6.49. The maximum absolute atomic E-state index is 13.2. The van der Waals surface area contributed by atoms with Crippen LogP contribution in [-0.2, 0) is 0 Å². The van der Waals surface area contributed by atoms with Gasteiger partial charge in [0, 0.05) is 11.9 Å². The summed E-state index contributed by atoms with van der Waals surface area (Å²) in [7, 11) is 0. The molecule has 3 rings (SSSR count). The minimum absolute atomic E-state index is 0.0577. The van der Waals surface area contributed by atoms with Crippen LogP contribution >= 0.6 is 11.9 Å². The second kappa shape index (κ2) is 6.06. The topological polar surface area (TPSA) is 12.5 Å². The Balaban J connectivity index is 1.85. The van der Waals surface area contributed by atoms with Gasteiger partial charge in [-0.25, -0.2) is 0 Å². The predicted octanol–water partition coefficient (Wildman–Crippen LogP) is 4.72. The summed E-state index contributed by atoms with van der Waals surface area (Å²) in [4.78, 5) is 4.85. The molecule has 2 nitrogen and oxygen atoms in total. The van der Waals surface area contributed by atoms with Gasteiger partial charge in [0.2, 0.25) is 0 Å². The van der Waals surface area contributed by atoms with E-state index in [0.29, 0.717) is 23.3 Å². The number of hydrogen-bond acceptors (Lipinski definition) is 3. The predicted molar refractivity (Wildman–Crippen MR) is 79.6 cm³/mol. The minimum Gasteiger partial charge on any atom is -0.395 e. The molecule has 0 spiro atoms. The van der Waals surface area contributed by atoms with Crippen molar-refractivity contribution in [3.63, 3.8) is 0 Å². The fourth-order valence-corrected chi connectivity index (χ4v) is 2.99. The molecule has 1 radical (unpaired) electrons. The average molecular weight is 322 g/mol. The number of allylic oxidation sites excluding steroid dienone is 1. The molecule has 0 atom stereocenters. The van der Waals surface area contributed by atoms with Crippen molar-refractivity contribution in [2.45, 2.75) is 6.18 Å². The van der Waals surface area contributed by atoms with Gasteiger partial charge in [0.15, 0.2) is 0 Å². The van der Waals surface area contributed by atoms with E-state index >= 15 is 0 Å². The molecular weight excluding hydrogens is 311 g/mol. The van der Waals surface area contributed by atoms with Crippen molar-refractivity contribution in [3.8, 4) is 5.75 Å². The molecule has 0 amide bonds. The zero-order valence-corrected chi connectivity index (χ0v) is 12.1. The first kappa shape index (κ1) is 15.0. The number of hydrogen-bond donors (Lipinski definition) is 0. The smallest absolute Gasteiger partial charge is 0.395 e. The molecule has 2 aromatic carbocycles. The first-order valence-corrected chi connectivity index (χ1v) is 7.27. The van der Waals surface area contributed by atoms with Crippen molar-refractivity contribution < 1.29 is 18.0 Å². The molecule has 22 heavy (non-hydrogen) atoms. The largest absolute Gasteiger partial charge is 0.423 e. The third-order valence-corrected chi connectivity index (χ3v) is 4.10. The second-order valence-corrected chi connectivity index (χ2v) is 5.58. The number of halogens is 3. The highest BCUT2D eigenvalue weighted by atomic mass is 32.2. The van der Waals surface area contributed by atoms with Crippen LogP contribution in [-0.4, -0.2) is 17.2 Å². The number of alkyl halides is 3. The van der Waals surface area contributed by atoms with Crippen LogP contribution in [0.15, 0.2) is 59.5 Å². The van der Waals surface area contributed by atoms with Crippen molar-refractivity contribution in [2.24, 2.45) is 0 Å². The summed E-state index contributed by atoms with van der Waals surface area (Å²) in [6.45, 7) is 0.0577. The van der Waals surface area contributed by atoms with E-state index in [1.807, 2.05) is 0 Å². The number of hydroxylamine groups is 1. The number of benzene rings is 2. The fraction of sp³-hybridized carbons (Fsp3) is 0.125. The summed E-state index contributed by atoms with van der Waals surface area (Å²) in [5, 5.41) is 0. The second-order valence-electron chi connectivity index (χ2n) is 4.58. The van der Waals surface area contributed by atoms with E-state index in [-0.39, 0.29) is 12.1 Å². The lowest BCUT2D eigenvalue weighted by Crippen LogP contribution is -2.18. The van der Waals surface area contributed by atoms with Gasteiger partial charge in [-0.15, -0.1) is 0 Å². The lowest BCUT2D eigenvalue weighted by atomic mass is 10.1. The van der Waals surface area contributed by atoms with Gasteiger partial charge in [0.05, 0.1) is 6.54 Å². The molecule has 1 aliphatic rings. The Morgan fingerprint density at radius 3 is 2.36 bits per heavy atom. The standard InChI is InChI=1S/C16H11F3NOS/c17-16(18,19)15-14(12-7-3-1-4-8-12)11-20(22-15)21-13-9-5-2-6-10-13/h1,3-10H,11H2. The maximum Gasteiger partial charge on any atom is 0.423 e. The van der Waals surface area contributed by atoms with Crippen molar-refractivity contribution in [1.29, 1.82) is 0 Å². The van der Waals surface area contributed by atoms with Crippen LogP contribution in [0.2, 0.25) is 0 Å². The monoisotopic (exact) mass is 322 g/mol. The van der Waals surface area contributed by atoms with Crippen LogP contribution < -0.4 is 4.84 Å². The van der Waals surface area contributed by atoms with Crippen molar-refractivity contribution >= 4 is 17.5 Å². The zero-order valence-electron chi connectivity index (χ0n) is 11.3. The molecule has 0 fully saturated rings. The molecular formula is C16H11F3NOS. The fourth-order valence-electron chi connectivity index (χ4n) is 2.08. The summed E-state index contributed by atoms with van der Waals surface area (Å²) < 4.78 is 41.0. The minimum atomic E-state index is -4.40. The first-order chi connectivity index (χ1) is 10.5. The Bertz CT molecular complexity index is 671. The highest BCUT2D eigenvalue weighted by molar-refractivity contribution is 8.01. The van der Waals surface area contributed by atoms with E-state index in [1.54, 1.807) is 54.6 Å². The molecule has 1 heterocycles. The molecule has 0 aromatic heterocycles. The summed E-state index contributed by atoms with van der Waals surface area (Å²) >= 11 is 0.571. The molecule has 0 N–H and O–H groups in total. The highest BCUT2D eigenvalue weighted by Gasteiger charge is 2.43. The van der Waals surface area contributed by atoms with Gasteiger partial charge in [-0.1, -0.05) is 46.9 Å². The van der Waals surface area contributed by atoms with Crippen LogP contribution in [0.1, 0.15) is 5.56 Å². The van der Waals surface area contributed by atoms with Crippen LogP contribution in [0, 0.1) is 6.07 Å². The van der Waals surface area contributed by atoms with E-state index in [9.17, 15) is 13.2 Å². The van der Waals surface area contributed by atoms with E-state index in [4.69, 9.17) is 4.84 Å². The lowest BCUT2D eigenvalue weighted by Gasteiger charge is -2.16. The van der Waals surface area contributed by atoms with Crippen LogP contribution in [0.3, 0.4) is 0 Å². The van der Waals surface area contributed by atoms with Crippen LogP contribution in [0.25, 0.3) is 5.57 Å². The third kappa shape index (κ3) is 3.28. The Hall–Kier alpha value is -1.92. The molecule has 1 aliphatic heterocycles. The van der Waals surface area contributed by atoms with Gasteiger partial charge in [-0.3, -0.25) is 0 Å². The van der Waals surface area contributed by atoms with Crippen LogP contribution in [0.4, 0.5) is 13.2 Å². The Labute approximate surface area is 130 Å². The van der Waals surface area contributed by atoms with Gasteiger partial charge in [0.1, 0.15) is 10.7 Å². The normalized spacial score (nSPS) is 16.1. The Morgan fingerprint density at radius 2 is 1.73 bits per heavy atom. The Kier molecular flexibility index (Phi) is 4.13. The summed E-state index contributed by atoms with van der Waals surface area (Å²) in [5.41, 5.74) is 0.774. The zero-order chi connectivity index (χ0) is 15.6. The van der Waals surface area contributed by atoms with E-state index in [1.165, 1.54) is 4.47 Å². The van der Waals surface area contributed by atoms with Gasteiger partial charge >= 0.3 is 6.18 Å². The SMILES string of the molecule is FC(F)(F)C1=C(c2ccccc2)CN(Oc2cc[c]cc2)S1. The van der Waals surface area contributed by atoms with Gasteiger partial charge < -0.3 is 4.84 Å². The average Bonchev–Trinajstić information content (AvgIpc) is 2.93. The van der Waals surface area contributed by atoms with Gasteiger partial charge in [-0.2, -0.15) is 13.2 Å². The third-order valence-electron chi connectivity index (χ3n) is 3.03. The van der Waals surface area contributed by atoms with Crippen molar-refractivity contribution in [1.82, 2.24) is 4.47 Å². The van der Waals surface area contributed by atoms with Crippen LogP contribution in [0.5, 0.6) is 5.75 Å². The number of nitrogens with zero attached hydrogens (tertiary/aromatic N) is 1. The summed E-state index contributed by atoms with van der Waals surface area (Å²) in [5.74, 6) is 0.474. The lowest BCUT2D eigenvalue weighted by molar-refractivity contribution is -0.0832. The van der Waals surface area contributed by atoms with E-state index in [2.05, 4.69) is 6.07 Å². The highest BCUT2D eigenvalue weighted by Crippen LogP contribution is 2.46. The Morgan fingerprint density at radius 1 is 1.05 bits per heavy atom. The maximum atomic E-state index is 13.2. The van der Waals surface area contributed by atoms with E-state index < -0.39 is 11.1 Å². The van der Waals surface area contributed by atoms with Gasteiger partial charge in [0.25, 0.3) is 0 Å². The molecule has 0 bridgehead atoms. The van der Waals surface area contributed by atoms with Gasteiger partial charge in [-0.05, 0) is 29.3 Å². The quantitative estimate of drug-likeness (QED) is 0.759. The molecule has 0 saturated carbocycles. The van der Waals surface area contributed by atoms with Crippen molar-refractivity contribution in [2.75, 3.05) is 6.54 Å². The molecule has 0 saturated heterocycles. The van der Waals surface area contributed by atoms with E-state index in [0.717, 1.165) is 0 Å². The summed E-state index contributed by atoms with van der Waals surface area (Å²) in [6.07, 6.45) is -4.40. The summed E-state index contributed by atoms with van der Waals surface area (Å²) in [6, 6.07) is 18.0. The molecule has 0 aliphatic carbocycles. The number of rotatable bonds is 3. The molecule has 113 valence electrons. The molecule has 6 heteroatoms. The molecule has 2 aromatic rings. The van der Waals surface area contributed by atoms with Crippen molar-refractivity contribution in [3.05, 3.63) is 71.1 Å². The molecule has 0 unspecified atom stereocenters.